The Kier molecular flexibility index (Phi) is 5.72. The molecule has 7 nitrogen and oxygen atoms in total. The Hall–Kier alpha value is -3.23. The molecular weight excluding hydrogens is 376 g/mol. The lowest BCUT2D eigenvalue weighted by Crippen LogP contribution is -2.22. The lowest BCUT2D eigenvalue weighted by Gasteiger charge is -2.11. The number of nitrogens with zero attached hydrogens (tertiary/aromatic N) is 3. The topological polar surface area (TPSA) is 84.3 Å². The molecule has 1 heterocycles. The number of hydrogen-bond acceptors (Lipinski definition) is 4. The van der Waals surface area contributed by atoms with Gasteiger partial charge >= 0.3 is 0 Å². The van der Waals surface area contributed by atoms with Crippen LogP contribution in [0.25, 0.3) is 11.8 Å². The number of para-hydroxylation sites is 1. The van der Waals surface area contributed by atoms with Crippen LogP contribution < -0.4 is 5.32 Å². The summed E-state index contributed by atoms with van der Waals surface area (Å²) in [5.41, 5.74) is 2.22. The van der Waals surface area contributed by atoms with Crippen molar-refractivity contribution < 1.29 is 13.2 Å². The maximum absolute atomic E-state index is 12.1. The third-order valence-electron chi connectivity index (χ3n) is 3.95. The van der Waals surface area contributed by atoms with Gasteiger partial charge in [0.2, 0.25) is 15.9 Å². The summed E-state index contributed by atoms with van der Waals surface area (Å²) >= 11 is 0. The Morgan fingerprint density at radius 2 is 1.75 bits per heavy atom. The molecule has 1 N–H and O–H groups in total. The number of nitrogens with one attached hydrogen (secondary N) is 1. The van der Waals surface area contributed by atoms with E-state index in [4.69, 9.17) is 0 Å². The first-order valence-electron chi connectivity index (χ1n) is 8.48. The van der Waals surface area contributed by atoms with E-state index in [0.717, 1.165) is 15.6 Å². The number of amides is 1. The molecule has 8 heteroatoms. The number of rotatable bonds is 6. The molecule has 0 spiro atoms. The van der Waals surface area contributed by atoms with Crippen molar-refractivity contribution in [3.8, 4) is 5.69 Å². The van der Waals surface area contributed by atoms with E-state index in [-0.39, 0.29) is 10.8 Å². The zero-order valence-corrected chi connectivity index (χ0v) is 16.3. The fourth-order valence-corrected chi connectivity index (χ4v) is 3.32. The minimum atomic E-state index is -3.49. The predicted molar refractivity (Wildman–Crippen MR) is 109 cm³/mol. The lowest BCUT2D eigenvalue weighted by atomic mass is 10.3. The van der Waals surface area contributed by atoms with Gasteiger partial charge in [0.15, 0.2) is 0 Å². The van der Waals surface area contributed by atoms with Gasteiger partial charge in [-0.05, 0) is 42.5 Å². The molecule has 0 bridgehead atoms. The highest BCUT2D eigenvalue weighted by Gasteiger charge is 2.16. The van der Waals surface area contributed by atoms with Gasteiger partial charge in [-0.25, -0.2) is 17.4 Å². The van der Waals surface area contributed by atoms with E-state index >= 15 is 0 Å². The van der Waals surface area contributed by atoms with Crippen molar-refractivity contribution in [1.29, 1.82) is 0 Å². The van der Waals surface area contributed by atoms with Gasteiger partial charge in [0.25, 0.3) is 0 Å². The summed E-state index contributed by atoms with van der Waals surface area (Å²) in [4.78, 5) is 12.3. The summed E-state index contributed by atoms with van der Waals surface area (Å²) in [5, 5.41) is 6.97. The van der Waals surface area contributed by atoms with Crippen LogP contribution in [0.15, 0.2) is 78.0 Å². The zero-order chi connectivity index (χ0) is 20.1. The van der Waals surface area contributed by atoms with Gasteiger partial charge in [-0.1, -0.05) is 18.2 Å². The number of carbonyl (C=O) groups is 1. The highest BCUT2D eigenvalue weighted by molar-refractivity contribution is 7.89. The molecule has 0 aliphatic heterocycles. The number of hydrogen-bond donors (Lipinski definition) is 1. The molecule has 2 aromatic carbocycles. The van der Waals surface area contributed by atoms with Gasteiger partial charge in [0.1, 0.15) is 0 Å². The quantitative estimate of drug-likeness (QED) is 0.650. The van der Waals surface area contributed by atoms with Crippen LogP contribution in [0.3, 0.4) is 0 Å². The molecule has 3 rings (SSSR count). The third-order valence-corrected chi connectivity index (χ3v) is 5.78. The molecule has 3 aromatic rings. The van der Waals surface area contributed by atoms with Gasteiger partial charge < -0.3 is 5.32 Å². The van der Waals surface area contributed by atoms with Gasteiger partial charge in [-0.15, -0.1) is 0 Å². The Labute approximate surface area is 164 Å². The molecule has 28 heavy (non-hydrogen) atoms. The minimum Gasteiger partial charge on any atom is -0.323 e. The van der Waals surface area contributed by atoms with E-state index in [2.05, 4.69) is 10.4 Å². The van der Waals surface area contributed by atoms with Crippen LogP contribution in [-0.4, -0.2) is 42.5 Å². The fourth-order valence-electron chi connectivity index (χ4n) is 2.42. The van der Waals surface area contributed by atoms with Crippen LogP contribution in [-0.2, 0) is 14.8 Å². The highest BCUT2D eigenvalue weighted by atomic mass is 32.2. The zero-order valence-electron chi connectivity index (χ0n) is 15.5. The number of anilines is 1. The molecule has 144 valence electrons. The molecule has 0 unspecified atom stereocenters. The first-order chi connectivity index (χ1) is 13.4. The first kappa shape index (κ1) is 19.5. The Balaban J connectivity index is 1.64. The molecule has 1 aromatic heterocycles. The van der Waals surface area contributed by atoms with Crippen molar-refractivity contribution in [1.82, 2.24) is 14.1 Å². The number of benzene rings is 2. The Morgan fingerprint density at radius 1 is 1.07 bits per heavy atom. The smallest absolute Gasteiger partial charge is 0.248 e. The van der Waals surface area contributed by atoms with E-state index in [1.165, 1.54) is 32.3 Å². The van der Waals surface area contributed by atoms with E-state index in [1.807, 2.05) is 36.5 Å². The van der Waals surface area contributed by atoms with Crippen molar-refractivity contribution in [2.45, 2.75) is 4.90 Å². The molecule has 0 atom stereocenters. The van der Waals surface area contributed by atoms with Crippen molar-refractivity contribution in [3.05, 3.63) is 78.6 Å². The highest BCUT2D eigenvalue weighted by Crippen LogP contribution is 2.16. The second-order valence-corrected chi connectivity index (χ2v) is 8.34. The Morgan fingerprint density at radius 3 is 2.39 bits per heavy atom. The van der Waals surface area contributed by atoms with E-state index in [9.17, 15) is 13.2 Å². The molecular formula is C20H20N4O3S. The van der Waals surface area contributed by atoms with Crippen molar-refractivity contribution in [2.24, 2.45) is 0 Å². The van der Waals surface area contributed by atoms with Crippen LogP contribution in [0.2, 0.25) is 0 Å². The average Bonchev–Trinajstić information content (AvgIpc) is 3.16. The van der Waals surface area contributed by atoms with E-state index < -0.39 is 10.0 Å². The van der Waals surface area contributed by atoms with Crippen LogP contribution in [0.1, 0.15) is 5.56 Å². The fraction of sp³-hybridized carbons (Fsp3) is 0.100. The first-order valence-corrected chi connectivity index (χ1v) is 9.92. The third kappa shape index (κ3) is 4.54. The summed E-state index contributed by atoms with van der Waals surface area (Å²) in [6, 6.07) is 15.7. The molecule has 0 aliphatic carbocycles. The monoisotopic (exact) mass is 396 g/mol. The average molecular weight is 396 g/mol. The van der Waals surface area contributed by atoms with Crippen LogP contribution >= 0.6 is 0 Å². The second kappa shape index (κ2) is 8.20. The van der Waals surface area contributed by atoms with Crippen LogP contribution in [0.5, 0.6) is 0 Å². The maximum atomic E-state index is 12.1. The summed E-state index contributed by atoms with van der Waals surface area (Å²) in [5.74, 6) is -0.323. The molecule has 1 amide bonds. The van der Waals surface area contributed by atoms with Crippen molar-refractivity contribution in [2.75, 3.05) is 19.4 Å². The number of aromatic nitrogens is 2. The molecule has 0 radical (unpaired) electrons. The lowest BCUT2D eigenvalue weighted by molar-refractivity contribution is -0.111. The summed E-state index contributed by atoms with van der Waals surface area (Å²) < 4.78 is 27.0. The summed E-state index contributed by atoms with van der Waals surface area (Å²) in [6.45, 7) is 0. The predicted octanol–water partition coefficient (Wildman–Crippen LogP) is 2.77. The number of carbonyl (C=O) groups excluding carboxylic acids is 1. The summed E-state index contributed by atoms with van der Waals surface area (Å²) in [6.07, 6.45) is 6.54. The molecule has 0 saturated heterocycles. The van der Waals surface area contributed by atoms with Gasteiger partial charge in [0, 0.05) is 37.6 Å². The maximum Gasteiger partial charge on any atom is 0.248 e. The Bertz CT molecular complexity index is 1090. The van der Waals surface area contributed by atoms with Crippen molar-refractivity contribution in [3.63, 3.8) is 0 Å². The molecule has 0 saturated carbocycles. The second-order valence-electron chi connectivity index (χ2n) is 6.19. The van der Waals surface area contributed by atoms with Gasteiger partial charge in [-0.3, -0.25) is 4.79 Å². The molecule has 0 fully saturated rings. The van der Waals surface area contributed by atoms with Gasteiger partial charge in [-0.2, -0.15) is 5.10 Å². The van der Waals surface area contributed by atoms with Crippen LogP contribution in [0, 0.1) is 0 Å². The standard InChI is InChI=1S/C20H20N4O3S/c1-23(2)28(26,27)19-11-9-17(10-12-19)22-20(25)13-8-16-14-21-24(15-16)18-6-4-3-5-7-18/h3-15H,1-2H3,(H,22,25)/b13-8+. The molecule has 0 aliphatic rings. The SMILES string of the molecule is CN(C)S(=O)(=O)c1ccc(NC(=O)/C=C/c2cnn(-c3ccccc3)c2)cc1. The summed E-state index contributed by atoms with van der Waals surface area (Å²) in [7, 11) is -0.556. The normalized spacial score (nSPS) is 11.8. The van der Waals surface area contributed by atoms with Crippen molar-refractivity contribution >= 4 is 27.7 Å². The largest absolute Gasteiger partial charge is 0.323 e. The van der Waals surface area contributed by atoms with Gasteiger partial charge in [0.05, 0.1) is 16.8 Å². The van der Waals surface area contributed by atoms with E-state index in [0.29, 0.717) is 5.69 Å². The van der Waals surface area contributed by atoms with Crippen LogP contribution in [0.4, 0.5) is 5.69 Å². The van der Waals surface area contributed by atoms with E-state index in [1.54, 1.807) is 29.1 Å². The minimum absolute atomic E-state index is 0.166. The number of sulfonamides is 1.